The Bertz CT molecular complexity index is 436. The minimum Gasteiger partial charge on any atom is -0.495 e. The van der Waals surface area contributed by atoms with E-state index in [0.29, 0.717) is 11.3 Å². The number of benzene rings is 1. The maximum atomic E-state index is 5.72. The molecule has 0 aliphatic carbocycles. The number of nitrogens with zero attached hydrogens (tertiary/aromatic N) is 1. The van der Waals surface area contributed by atoms with Crippen LogP contribution in [0.3, 0.4) is 0 Å². The van der Waals surface area contributed by atoms with Crippen LogP contribution in [-0.2, 0) is 0 Å². The molecule has 100 valence electrons. The average Bonchev–Trinajstić information content (AvgIpc) is 2.37. The Morgan fingerprint density at radius 2 is 2.17 bits per heavy atom. The molecule has 0 saturated carbocycles. The second-order valence-electron chi connectivity index (χ2n) is 4.85. The van der Waals surface area contributed by atoms with Gasteiger partial charge in [0.05, 0.1) is 12.8 Å². The van der Waals surface area contributed by atoms with Crippen LogP contribution in [-0.4, -0.2) is 32.0 Å². The van der Waals surface area contributed by atoms with Crippen LogP contribution >= 0.6 is 11.8 Å². The summed E-state index contributed by atoms with van der Waals surface area (Å²) < 4.78 is 5.50. The summed E-state index contributed by atoms with van der Waals surface area (Å²) in [4.78, 5) is 3.67. The number of fused-ring (bicyclic) bond motifs is 1. The largest absolute Gasteiger partial charge is 0.495 e. The predicted octanol–water partition coefficient (Wildman–Crippen LogP) is 2.65. The van der Waals surface area contributed by atoms with Crippen molar-refractivity contribution in [3.05, 3.63) is 17.7 Å². The molecular formula is C14H22N2OS. The van der Waals surface area contributed by atoms with E-state index in [-0.39, 0.29) is 0 Å². The minimum absolute atomic E-state index is 0.474. The first-order chi connectivity index (χ1) is 8.60. The Morgan fingerprint density at radius 1 is 1.44 bits per heavy atom. The van der Waals surface area contributed by atoms with E-state index in [9.17, 15) is 0 Å². The third-order valence-corrected chi connectivity index (χ3v) is 5.42. The lowest BCUT2D eigenvalue weighted by molar-refractivity contribution is 0.411. The molecule has 1 aliphatic heterocycles. The summed E-state index contributed by atoms with van der Waals surface area (Å²) in [6, 6.07) is 4.66. The monoisotopic (exact) mass is 266 g/mol. The van der Waals surface area contributed by atoms with Crippen molar-refractivity contribution in [1.82, 2.24) is 0 Å². The summed E-state index contributed by atoms with van der Waals surface area (Å²) in [5.74, 6) is 0.962. The second-order valence-corrected chi connectivity index (χ2v) is 6.10. The smallest absolute Gasteiger partial charge is 0.143 e. The molecule has 2 unspecified atom stereocenters. The first-order valence-corrected chi connectivity index (χ1v) is 7.25. The molecule has 0 spiro atoms. The van der Waals surface area contributed by atoms with Crippen LogP contribution < -0.4 is 15.4 Å². The van der Waals surface area contributed by atoms with Gasteiger partial charge in [-0.05, 0) is 38.4 Å². The number of rotatable bonds is 3. The van der Waals surface area contributed by atoms with E-state index in [1.54, 1.807) is 7.11 Å². The van der Waals surface area contributed by atoms with Gasteiger partial charge in [-0.25, -0.2) is 0 Å². The second kappa shape index (κ2) is 5.41. The quantitative estimate of drug-likeness (QED) is 0.913. The minimum atomic E-state index is 0.474. The average molecular weight is 266 g/mol. The molecule has 0 fully saturated rings. The van der Waals surface area contributed by atoms with Gasteiger partial charge in [-0.1, -0.05) is 6.07 Å². The molecule has 2 N–H and O–H groups in total. The van der Waals surface area contributed by atoms with Gasteiger partial charge in [0, 0.05) is 23.2 Å². The van der Waals surface area contributed by atoms with Gasteiger partial charge in [-0.2, -0.15) is 0 Å². The highest BCUT2D eigenvalue weighted by molar-refractivity contribution is 8.00. The van der Waals surface area contributed by atoms with Crippen LogP contribution in [0.2, 0.25) is 0 Å². The van der Waals surface area contributed by atoms with Gasteiger partial charge in [-0.15, -0.1) is 11.8 Å². The van der Waals surface area contributed by atoms with E-state index in [1.807, 2.05) is 11.8 Å². The molecule has 0 radical (unpaired) electrons. The van der Waals surface area contributed by atoms with Crippen LogP contribution in [0, 0.1) is 6.92 Å². The Morgan fingerprint density at radius 3 is 2.78 bits per heavy atom. The van der Waals surface area contributed by atoms with Crippen LogP contribution in [0.4, 0.5) is 5.69 Å². The molecule has 2 atom stereocenters. The fraction of sp³-hybridized carbons (Fsp3) is 0.571. The molecule has 0 aromatic heterocycles. The van der Waals surface area contributed by atoms with Crippen molar-refractivity contribution in [2.75, 3.05) is 25.6 Å². The topological polar surface area (TPSA) is 38.5 Å². The molecule has 2 rings (SSSR count). The zero-order valence-corrected chi connectivity index (χ0v) is 12.4. The third-order valence-electron chi connectivity index (χ3n) is 3.73. The summed E-state index contributed by atoms with van der Waals surface area (Å²) in [6.07, 6.45) is 1.05. The highest BCUT2D eigenvalue weighted by Crippen LogP contribution is 2.48. The van der Waals surface area contributed by atoms with Crippen molar-refractivity contribution in [2.24, 2.45) is 5.73 Å². The Labute approximate surface area is 114 Å². The lowest BCUT2D eigenvalue weighted by atomic mass is 10.1. The fourth-order valence-electron chi connectivity index (χ4n) is 2.47. The fourth-order valence-corrected chi connectivity index (χ4v) is 4.02. The van der Waals surface area contributed by atoms with Gasteiger partial charge >= 0.3 is 0 Å². The van der Waals surface area contributed by atoms with E-state index < -0.39 is 0 Å². The normalized spacial score (nSPS) is 22.8. The molecule has 4 heteroatoms. The lowest BCUT2D eigenvalue weighted by Crippen LogP contribution is -2.41. The molecule has 18 heavy (non-hydrogen) atoms. The van der Waals surface area contributed by atoms with Gasteiger partial charge < -0.3 is 15.4 Å². The van der Waals surface area contributed by atoms with E-state index in [1.165, 1.54) is 16.1 Å². The van der Waals surface area contributed by atoms with Gasteiger partial charge in [0.15, 0.2) is 0 Å². The summed E-state index contributed by atoms with van der Waals surface area (Å²) in [5, 5.41) is 0.554. The molecule has 1 aliphatic rings. The van der Waals surface area contributed by atoms with Crippen LogP contribution in [0.25, 0.3) is 0 Å². The zero-order chi connectivity index (χ0) is 13.3. The summed E-state index contributed by atoms with van der Waals surface area (Å²) >= 11 is 1.95. The summed E-state index contributed by atoms with van der Waals surface area (Å²) in [7, 11) is 3.88. The number of hydrogen-bond acceptors (Lipinski definition) is 4. The zero-order valence-electron chi connectivity index (χ0n) is 11.6. The predicted molar refractivity (Wildman–Crippen MR) is 78.9 cm³/mol. The number of nitrogens with two attached hydrogens (primary N) is 1. The molecule has 0 saturated heterocycles. The van der Waals surface area contributed by atoms with E-state index in [0.717, 1.165) is 18.7 Å². The van der Waals surface area contributed by atoms with Gasteiger partial charge in [0.2, 0.25) is 0 Å². The molecule has 0 bridgehead atoms. The molecule has 0 amide bonds. The Balaban J connectivity index is 2.47. The van der Waals surface area contributed by atoms with Crippen molar-refractivity contribution in [1.29, 1.82) is 0 Å². The third kappa shape index (κ3) is 2.19. The molecule has 1 aromatic rings. The lowest BCUT2D eigenvalue weighted by Gasteiger charge is -2.40. The number of ether oxygens (including phenoxy) is 1. The maximum Gasteiger partial charge on any atom is 0.143 e. The number of anilines is 1. The van der Waals surface area contributed by atoms with Gasteiger partial charge in [0.25, 0.3) is 0 Å². The number of hydrogen-bond donors (Lipinski definition) is 1. The van der Waals surface area contributed by atoms with Crippen LogP contribution in [0.15, 0.2) is 17.0 Å². The molecule has 1 heterocycles. The van der Waals surface area contributed by atoms with Crippen LogP contribution in [0.1, 0.15) is 18.9 Å². The first-order valence-electron chi connectivity index (χ1n) is 6.37. The molecule has 3 nitrogen and oxygen atoms in total. The first kappa shape index (κ1) is 13.6. The van der Waals surface area contributed by atoms with E-state index in [2.05, 4.69) is 37.9 Å². The van der Waals surface area contributed by atoms with E-state index in [4.69, 9.17) is 10.5 Å². The Hall–Kier alpha value is -0.870. The standard InChI is InChI=1S/C14H22N2OS/c1-9-5-6-11(17-4)13-14(9)18-12(7-8-15)10(2)16(13)3/h5-6,10,12H,7-8,15H2,1-4H3. The number of thioether (sulfide) groups is 1. The number of aryl methyl sites for hydroxylation is 1. The highest BCUT2D eigenvalue weighted by atomic mass is 32.2. The Kier molecular flexibility index (Phi) is 4.07. The van der Waals surface area contributed by atoms with Crippen molar-refractivity contribution in [3.8, 4) is 5.75 Å². The molecule has 1 aromatic carbocycles. The molecular weight excluding hydrogens is 244 g/mol. The SMILES string of the molecule is COc1ccc(C)c2c1N(C)C(C)C(CCN)S2. The van der Waals surface area contributed by atoms with Crippen molar-refractivity contribution >= 4 is 17.4 Å². The van der Waals surface area contributed by atoms with Crippen molar-refractivity contribution in [2.45, 2.75) is 36.5 Å². The van der Waals surface area contributed by atoms with Crippen molar-refractivity contribution in [3.63, 3.8) is 0 Å². The summed E-state index contributed by atoms with van der Waals surface area (Å²) in [5.41, 5.74) is 8.27. The maximum absolute atomic E-state index is 5.72. The summed E-state index contributed by atoms with van der Waals surface area (Å²) in [6.45, 7) is 5.17. The van der Waals surface area contributed by atoms with Gasteiger partial charge in [0.1, 0.15) is 5.75 Å². The van der Waals surface area contributed by atoms with Crippen LogP contribution in [0.5, 0.6) is 5.75 Å². The highest BCUT2D eigenvalue weighted by Gasteiger charge is 2.32. The van der Waals surface area contributed by atoms with E-state index >= 15 is 0 Å². The van der Waals surface area contributed by atoms with Crippen molar-refractivity contribution < 1.29 is 4.74 Å². The van der Waals surface area contributed by atoms with Gasteiger partial charge in [-0.3, -0.25) is 0 Å². The number of methoxy groups -OCH3 is 1.